The Morgan fingerprint density at radius 3 is 2.93 bits per heavy atom. The molecule has 4 nitrogen and oxygen atoms in total. The first-order chi connectivity index (χ1) is 6.81. The molecule has 0 N–H and O–H groups in total. The number of nitriles is 1. The second-order valence-corrected chi connectivity index (χ2v) is 2.97. The molecule has 0 amide bonds. The molecule has 1 heterocycles. The molecule has 0 saturated heterocycles. The number of hydrogen-bond donors (Lipinski definition) is 0. The molecule has 0 fully saturated rings. The Hall–Kier alpha value is -2.15. The van der Waals surface area contributed by atoms with Crippen LogP contribution >= 0.6 is 0 Å². The van der Waals surface area contributed by atoms with Crippen LogP contribution in [0.5, 0.6) is 0 Å². The first-order valence-corrected chi connectivity index (χ1v) is 4.17. The number of benzene rings is 1. The molecule has 0 saturated carbocycles. The maximum absolute atomic E-state index is 8.90. The monoisotopic (exact) mass is 184 g/mol. The van der Waals surface area contributed by atoms with Gasteiger partial charge >= 0.3 is 0 Å². The van der Waals surface area contributed by atoms with Gasteiger partial charge in [0.25, 0.3) is 0 Å². The Kier molecular flexibility index (Phi) is 1.99. The minimum absolute atomic E-state index is 0.598. The van der Waals surface area contributed by atoms with Gasteiger partial charge in [-0.1, -0.05) is 6.07 Å². The van der Waals surface area contributed by atoms with E-state index in [2.05, 4.69) is 16.2 Å². The summed E-state index contributed by atoms with van der Waals surface area (Å²) in [5.41, 5.74) is 2.46. The lowest BCUT2D eigenvalue weighted by Gasteiger charge is -2.03. The normalized spacial score (nSPS) is 9.71. The Morgan fingerprint density at radius 2 is 2.29 bits per heavy atom. The van der Waals surface area contributed by atoms with Gasteiger partial charge in [-0.05, 0) is 24.6 Å². The highest BCUT2D eigenvalue weighted by Gasteiger charge is 2.04. The SMILES string of the molecule is Cc1ccc(C#N)c(-n2cncn2)c1. The maximum Gasteiger partial charge on any atom is 0.138 e. The van der Waals surface area contributed by atoms with E-state index >= 15 is 0 Å². The Bertz CT molecular complexity index is 479. The van der Waals surface area contributed by atoms with E-state index in [1.807, 2.05) is 19.1 Å². The molecule has 14 heavy (non-hydrogen) atoms. The molecule has 0 unspecified atom stereocenters. The smallest absolute Gasteiger partial charge is 0.138 e. The number of aryl methyl sites for hydroxylation is 1. The van der Waals surface area contributed by atoms with Crippen LogP contribution in [0.15, 0.2) is 30.9 Å². The first-order valence-electron chi connectivity index (χ1n) is 4.17. The largest absolute Gasteiger partial charge is 0.223 e. The topological polar surface area (TPSA) is 54.5 Å². The maximum atomic E-state index is 8.90. The van der Waals surface area contributed by atoms with Crippen LogP contribution in [0.1, 0.15) is 11.1 Å². The quantitative estimate of drug-likeness (QED) is 0.674. The average Bonchev–Trinajstić information content (AvgIpc) is 2.70. The van der Waals surface area contributed by atoms with Crippen LogP contribution in [0.4, 0.5) is 0 Å². The first kappa shape index (κ1) is 8.45. The standard InChI is InChI=1S/C10H8N4/c1-8-2-3-9(5-11)10(4-8)14-7-12-6-13-14/h2-4,6-7H,1H3. The fraction of sp³-hybridized carbons (Fsp3) is 0.100. The predicted molar refractivity (Wildman–Crippen MR) is 50.8 cm³/mol. The fourth-order valence-electron chi connectivity index (χ4n) is 1.26. The molecule has 0 radical (unpaired) electrons. The third-order valence-corrected chi connectivity index (χ3v) is 1.94. The van der Waals surface area contributed by atoms with Gasteiger partial charge < -0.3 is 0 Å². The summed E-state index contributed by atoms with van der Waals surface area (Å²) < 4.78 is 1.59. The Morgan fingerprint density at radius 1 is 1.43 bits per heavy atom. The highest BCUT2D eigenvalue weighted by atomic mass is 15.3. The minimum atomic E-state index is 0.598. The van der Waals surface area contributed by atoms with Crippen LogP contribution in [-0.2, 0) is 0 Å². The Labute approximate surface area is 81.4 Å². The molecule has 68 valence electrons. The van der Waals surface area contributed by atoms with Gasteiger partial charge in [0, 0.05) is 0 Å². The molecule has 0 bridgehead atoms. The molecule has 4 heteroatoms. The lowest BCUT2D eigenvalue weighted by atomic mass is 10.1. The van der Waals surface area contributed by atoms with Crippen molar-refractivity contribution >= 4 is 0 Å². The summed E-state index contributed by atoms with van der Waals surface area (Å²) in [6.45, 7) is 1.97. The summed E-state index contributed by atoms with van der Waals surface area (Å²) in [6.07, 6.45) is 3.03. The van der Waals surface area contributed by atoms with E-state index in [1.54, 1.807) is 17.1 Å². The van der Waals surface area contributed by atoms with Gasteiger partial charge in [0.1, 0.15) is 18.7 Å². The van der Waals surface area contributed by atoms with Crippen LogP contribution < -0.4 is 0 Å². The zero-order valence-corrected chi connectivity index (χ0v) is 7.68. The second-order valence-electron chi connectivity index (χ2n) is 2.97. The van der Waals surface area contributed by atoms with Crippen molar-refractivity contribution in [2.45, 2.75) is 6.92 Å². The minimum Gasteiger partial charge on any atom is -0.223 e. The van der Waals surface area contributed by atoms with Crippen LogP contribution in [0.3, 0.4) is 0 Å². The molecule has 0 aliphatic carbocycles. The van der Waals surface area contributed by atoms with Gasteiger partial charge in [-0.25, -0.2) is 9.67 Å². The molecule has 2 aromatic rings. The molecule has 2 rings (SSSR count). The summed E-state index contributed by atoms with van der Waals surface area (Å²) in [6, 6.07) is 7.72. The zero-order valence-electron chi connectivity index (χ0n) is 7.68. The number of nitrogens with zero attached hydrogens (tertiary/aromatic N) is 4. The fourth-order valence-corrected chi connectivity index (χ4v) is 1.26. The van der Waals surface area contributed by atoms with Gasteiger partial charge in [0.2, 0.25) is 0 Å². The van der Waals surface area contributed by atoms with Gasteiger partial charge in [-0.3, -0.25) is 0 Å². The zero-order chi connectivity index (χ0) is 9.97. The van der Waals surface area contributed by atoms with E-state index in [-0.39, 0.29) is 0 Å². The van der Waals surface area contributed by atoms with Crippen molar-refractivity contribution in [2.75, 3.05) is 0 Å². The molecule has 1 aromatic carbocycles. The summed E-state index contributed by atoms with van der Waals surface area (Å²) in [5, 5.41) is 12.9. The van der Waals surface area contributed by atoms with Crippen molar-refractivity contribution in [1.82, 2.24) is 14.8 Å². The molecule has 1 aromatic heterocycles. The van der Waals surface area contributed by atoms with Crippen molar-refractivity contribution in [1.29, 1.82) is 5.26 Å². The summed E-state index contributed by atoms with van der Waals surface area (Å²) in [4.78, 5) is 3.85. The van der Waals surface area contributed by atoms with E-state index < -0.39 is 0 Å². The number of rotatable bonds is 1. The van der Waals surface area contributed by atoms with Gasteiger partial charge in [-0.15, -0.1) is 0 Å². The lowest BCUT2D eigenvalue weighted by Crippen LogP contribution is -1.98. The molecular formula is C10H8N4. The van der Waals surface area contributed by atoms with E-state index in [1.165, 1.54) is 6.33 Å². The van der Waals surface area contributed by atoms with Crippen LogP contribution in [0.2, 0.25) is 0 Å². The van der Waals surface area contributed by atoms with Crippen molar-refractivity contribution in [3.8, 4) is 11.8 Å². The highest BCUT2D eigenvalue weighted by molar-refractivity contribution is 5.49. The van der Waals surface area contributed by atoms with Crippen molar-refractivity contribution in [3.05, 3.63) is 42.0 Å². The summed E-state index contributed by atoms with van der Waals surface area (Å²) >= 11 is 0. The van der Waals surface area contributed by atoms with Crippen LogP contribution in [0.25, 0.3) is 5.69 Å². The molecule has 0 aliphatic heterocycles. The second kappa shape index (κ2) is 3.30. The summed E-state index contributed by atoms with van der Waals surface area (Å²) in [7, 11) is 0. The molecule has 0 spiro atoms. The lowest BCUT2D eigenvalue weighted by molar-refractivity contribution is 0.874. The van der Waals surface area contributed by atoms with Crippen molar-refractivity contribution in [3.63, 3.8) is 0 Å². The van der Waals surface area contributed by atoms with Crippen LogP contribution in [0, 0.1) is 18.3 Å². The molecule has 0 atom stereocenters. The van der Waals surface area contributed by atoms with E-state index in [0.29, 0.717) is 5.56 Å². The third kappa shape index (κ3) is 1.36. The van der Waals surface area contributed by atoms with Gasteiger partial charge in [0.15, 0.2) is 0 Å². The number of aromatic nitrogens is 3. The average molecular weight is 184 g/mol. The van der Waals surface area contributed by atoms with Gasteiger partial charge in [-0.2, -0.15) is 10.4 Å². The Balaban J connectivity index is 2.63. The van der Waals surface area contributed by atoms with Gasteiger partial charge in [0.05, 0.1) is 11.3 Å². The predicted octanol–water partition coefficient (Wildman–Crippen LogP) is 1.45. The highest BCUT2D eigenvalue weighted by Crippen LogP contribution is 2.14. The van der Waals surface area contributed by atoms with Crippen LogP contribution in [-0.4, -0.2) is 14.8 Å². The molecular weight excluding hydrogens is 176 g/mol. The summed E-state index contributed by atoms with van der Waals surface area (Å²) in [5.74, 6) is 0. The number of hydrogen-bond acceptors (Lipinski definition) is 3. The van der Waals surface area contributed by atoms with E-state index in [4.69, 9.17) is 5.26 Å². The van der Waals surface area contributed by atoms with E-state index in [9.17, 15) is 0 Å². The van der Waals surface area contributed by atoms with E-state index in [0.717, 1.165) is 11.3 Å². The third-order valence-electron chi connectivity index (χ3n) is 1.94. The van der Waals surface area contributed by atoms with Crippen molar-refractivity contribution < 1.29 is 0 Å². The molecule has 0 aliphatic rings. The van der Waals surface area contributed by atoms with Crippen molar-refractivity contribution in [2.24, 2.45) is 0 Å².